The Balaban J connectivity index is 2.37. The number of aliphatic carboxylic acids is 1. The number of carbonyl (C=O) groups is 2. The first-order chi connectivity index (χ1) is 8.49. The molecule has 0 aromatic heterocycles. The quantitative estimate of drug-likeness (QED) is 0.623. The lowest BCUT2D eigenvalue weighted by Gasteiger charge is -2.24. The van der Waals surface area contributed by atoms with Crippen LogP contribution in [0.5, 0.6) is 0 Å². The molecule has 1 rings (SSSR count). The molecule has 0 aliphatic carbocycles. The van der Waals surface area contributed by atoms with Gasteiger partial charge in [0.25, 0.3) is 0 Å². The summed E-state index contributed by atoms with van der Waals surface area (Å²) >= 11 is 0. The number of ether oxygens (including phenoxy) is 1. The van der Waals surface area contributed by atoms with Crippen molar-refractivity contribution < 1.29 is 19.4 Å². The fourth-order valence-electron chi connectivity index (χ4n) is 1.92. The van der Waals surface area contributed by atoms with Crippen LogP contribution in [-0.4, -0.2) is 48.8 Å². The Morgan fingerprint density at radius 1 is 1.50 bits per heavy atom. The van der Waals surface area contributed by atoms with Crippen molar-refractivity contribution in [1.29, 1.82) is 0 Å². The maximum Gasteiger partial charge on any atom is 0.326 e. The molecular formula is C12H22N2O4. The number of morpholine rings is 1. The molecule has 0 radical (unpaired) electrons. The number of rotatable bonds is 6. The molecule has 0 aromatic carbocycles. The van der Waals surface area contributed by atoms with Gasteiger partial charge in [-0.15, -0.1) is 0 Å². The second kappa shape index (κ2) is 7.33. The smallest absolute Gasteiger partial charge is 0.326 e. The van der Waals surface area contributed by atoms with Gasteiger partial charge < -0.3 is 20.5 Å². The number of hydrogen-bond donors (Lipinski definition) is 3. The lowest BCUT2D eigenvalue weighted by Crippen LogP contribution is -2.47. The van der Waals surface area contributed by atoms with E-state index >= 15 is 0 Å². The molecule has 1 aliphatic rings. The van der Waals surface area contributed by atoms with Crippen LogP contribution in [0.25, 0.3) is 0 Å². The van der Waals surface area contributed by atoms with Crippen LogP contribution in [0.1, 0.15) is 26.7 Å². The van der Waals surface area contributed by atoms with Gasteiger partial charge in [-0.25, -0.2) is 4.79 Å². The summed E-state index contributed by atoms with van der Waals surface area (Å²) in [4.78, 5) is 22.7. The fourth-order valence-corrected chi connectivity index (χ4v) is 1.92. The van der Waals surface area contributed by atoms with Crippen molar-refractivity contribution in [3.63, 3.8) is 0 Å². The van der Waals surface area contributed by atoms with Gasteiger partial charge in [0.15, 0.2) is 0 Å². The zero-order valence-electron chi connectivity index (χ0n) is 10.9. The summed E-state index contributed by atoms with van der Waals surface area (Å²) in [5, 5.41) is 14.7. The van der Waals surface area contributed by atoms with E-state index in [0.717, 1.165) is 6.54 Å². The van der Waals surface area contributed by atoms with Crippen molar-refractivity contribution in [2.24, 2.45) is 5.92 Å². The first-order valence-electron chi connectivity index (χ1n) is 6.32. The molecule has 1 fully saturated rings. The molecule has 1 amide bonds. The van der Waals surface area contributed by atoms with E-state index in [4.69, 9.17) is 9.84 Å². The summed E-state index contributed by atoms with van der Waals surface area (Å²) < 4.78 is 5.24. The first kappa shape index (κ1) is 14.9. The normalized spacial score (nSPS) is 21.6. The maximum absolute atomic E-state index is 11.7. The van der Waals surface area contributed by atoms with E-state index in [-0.39, 0.29) is 24.3 Å². The van der Waals surface area contributed by atoms with Gasteiger partial charge in [-0.3, -0.25) is 4.79 Å². The van der Waals surface area contributed by atoms with E-state index in [0.29, 0.717) is 19.6 Å². The van der Waals surface area contributed by atoms with Crippen LogP contribution in [0.4, 0.5) is 0 Å². The fraction of sp³-hybridized carbons (Fsp3) is 0.833. The molecule has 3 N–H and O–H groups in total. The van der Waals surface area contributed by atoms with Crippen LogP contribution in [0.15, 0.2) is 0 Å². The zero-order valence-corrected chi connectivity index (χ0v) is 10.9. The van der Waals surface area contributed by atoms with E-state index < -0.39 is 12.0 Å². The van der Waals surface area contributed by atoms with Gasteiger partial charge in [-0.2, -0.15) is 0 Å². The Morgan fingerprint density at radius 2 is 2.22 bits per heavy atom. The highest BCUT2D eigenvalue weighted by Gasteiger charge is 2.23. The zero-order chi connectivity index (χ0) is 13.5. The van der Waals surface area contributed by atoms with E-state index in [9.17, 15) is 9.59 Å². The third-order valence-corrected chi connectivity index (χ3v) is 2.77. The lowest BCUT2D eigenvalue weighted by molar-refractivity contribution is -0.142. The monoisotopic (exact) mass is 258 g/mol. The summed E-state index contributed by atoms with van der Waals surface area (Å²) in [6.45, 7) is 5.74. The summed E-state index contributed by atoms with van der Waals surface area (Å²) in [5.74, 6) is -1.00. The molecule has 0 spiro atoms. The van der Waals surface area contributed by atoms with Crippen LogP contribution in [-0.2, 0) is 14.3 Å². The minimum absolute atomic E-state index is 0.0211. The minimum atomic E-state index is -0.982. The lowest BCUT2D eigenvalue weighted by atomic mass is 10.0. The predicted octanol–water partition coefficient (Wildman–Crippen LogP) is -0.0196. The number of carbonyl (C=O) groups excluding carboxylic acids is 1. The second-order valence-electron chi connectivity index (χ2n) is 5.02. The van der Waals surface area contributed by atoms with Crippen molar-refractivity contribution in [1.82, 2.24) is 10.6 Å². The Bertz CT molecular complexity index is 288. The van der Waals surface area contributed by atoms with Crippen LogP contribution >= 0.6 is 0 Å². The number of carboxylic acids is 1. The van der Waals surface area contributed by atoms with Crippen molar-refractivity contribution in [3.05, 3.63) is 0 Å². The molecule has 1 aliphatic heterocycles. The van der Waals surface area contributed by atoms with E-state index in [2.05, 4.69) is 10.6 Å². The van der Waals surface area contributed by atoms with Crippen molar-refractivity contribution in [2.75, 3.05) is 19.8 Å². The van der Waals surface area contributed by atoms with Crippen LogP contribution in [0.3, 0.4) is 0 Å². The van der Waals surface area contributed by atoms with Gasteiger partial charge in [0.05, 0.1) is 13.2 Å². The molecule has 1 heterocycles. The third kappa shape index (κ3) is 5.46. The SMILES string of the molecule is CC(C)C[C@@H](NC(=O)CC1COCCN1)C(=O)O. The van der Waals surface area contributed by atoms with Crippen molar-refractivity contribution in [2.45, 2.75) is 38.8 Å². The van der Waals surface area contributed by atoms with Gasteiger partial charge in [0.2, 0.25) is 5.91 Å². The Labute approximate surface area is 107 Å². The molecule has 0 saturated carbocycles. The molecule has 2 atom stereocenters. The number of nitrogens with one attached hydrogen (secondary N) is 2. The molecule has 0 bridgehead atoms. The average Bonchev–Trinajstić information content (AvgIpc) is 2.28. The molecular weight excluding hydrogens is 236 g/mol. The molecule has 104 valence electrons. The van der Waals surface area contributed by atoms with Gasteiger partial charge in [0.1, 0.15) is 6.04 Å². The van der Waals surface area contributed by atoms with E-state index in [1.807, 2.05) is 13.8 Å². The molecule has 1 saturated heterocycles. The van der Waals surface area contributed by atoms with Crippen LogP contribution in [0, 0.1) is 5.92 Å². The molecule has 0 aromatic rings. The maximum atomic E-state index is 11.7. The van der Waals surface area contributed by atoms with Gasteiger partial charge in [-0.1, -0.05) is 13.8 Å². The Hall–Kier alpha value is -1.14. The number of carboxylic acid groups (broad SMARTS) is 1. The van der Waals surface area contributed by atoms with E-state index in [1.165, 1.54) is 0 Å². The molecule has 18 heavy (non-hydrogen) atoms. The summed E-state index contributed by atoms with van der Waals surface area (Å²) in [6.07, 6.45) is 0.692. The molecule has 6 nitrogen and oxygen atoms in total. The highest BCUT2D eigenvalue weighted by molar-refractivity contribution is 5.83. The second-order valence-corrected chi connectivity index (χ2v) is 5.02. The first-order valence-corrected chi connectivity index (χ1v) is 6.32. The predicted molar refractivity (Wildman–Crippen MR) is 66.2 cm³/mol. The van der Waals surface area contributed by atoms with Crippen molar-refractivity contribution >= 4 is 11.9 Å². The van der Waals surface area contributed by atoms with Crippen LogP contribution < -0.4 is 10.6 Å². The molecule has 6 heteroatoms. The third-order valence-electron chi connectivity index (χ3n) is 2.77. The highest BCUT2D eigenvalue weighted by Crippen LogP contribution is 2.06. The number of hydrogen-bond acceptors (Lipinski definition) is 4. The summed E-state index contributed by atoms with van der Waals surface area (Å²) in [5.41, 5.74) is 0. The summed E-state index contributed by atoms with van der Waals surface area (Å²) in [6, 6.07) is -0.825. The van der Waals surface area contributed by atoms with Gasteiger partial charge >= 0.3 is 5.97 Å². The largest absolute Gasteiger partial charge is 0.480 e. The van der Waals surface area contributed by atoms with E-state index in [1.54, 1.807) is 0 Å². The highest BCUT2D eigenvalue weighted by atomic mass is 16.5. The minimum Gasteiger partial charge on any atom is -0.480 e. The van der Waals surface area contributed by atoms with Gasteiger partial charge in [-0.05, 0) is 12.3 Å². The van der Waals surface area contributed by atoms with Crippen LogP contribution in [0.2, 0.25) is 0 Å². The van der Waals surface area contributed by atoms with Gasteiger partial charge in [0, 0.05) is 19.0 Å². The number of amides is 1. The Morgan fingerprint density at radius 3 is 2.72 bits per heavy atom. The standard InChI is InChI=1S/C12H22N2O4/c1-8(2)5-10(12(16)17)14-11(15)6-9-7-18-4-3-13-9/h8-10,13H,3-7H2,1-2H3,(H,14,15)(H,16,17)/t9?,10-/m1/s1. The molecule has 1 unspecified atom stereocenters. The topological polar surface area (TPSA) is 87.7 Å². The average molecular weight is 258 g/mol. The Kier molecular flexibility index (Phi) is 6.07. The van der Waals surface area contributed by atoms with Crippen molar-refractivity contribution in [3.8, 4) is 0 Å². The summed E-state index contributed by atoms with van der Waals surface area (Å²) in [7, 11) is 0.